The average molecular weight is 162 g/mol. The molecule has 4 nitrogen and oxygen atoms in total. The van der Waals surface area contributed by atoms with E-state index in [1.807, 2.05) is 6.07 Å². The molecule has 2 aromatic rings. The molecule has 0 aliphatic heterocycles. The molecular weight excluding hydrogens is 152 g/mol. The molecule has 62 valence electrons. The van der Waals surface area contributed by atoms with Crippen LogP contribution in [0.1, 0.15) is 12.5 Å². The number of nitrogen functional groups attached to an aromatic ring is 1. The van der Waals surface area contributed by atoms with Crippen LogP contribution in [0.25, 0.3) is 11.0 Å². The number of aromatic amines is 1. The number of nitrogens with one attached hydrogen (secondary N) is 1. The van der Waals surface area contributed by atoms with Gasteiger partial charge >= 0.3 is 0 Å². The molecule has 0 aliphatic carbocycles. The summed E-state index contributed by atoms with van der Waals surface area (Å²) in [5, 5.41) is 7.64. The van der Waals surface area contributed by atoms with E-state index in [4.69, 9.17) is 5.73 Å². The number of pyridine rings is 1. The van der Waals surface area contributed by atoms with Gasteiger partial charge in [0.05, 0.1) is 5.39 Å². The number of aryl methyl sites for hydroxylation is 1. The Morgan fingerprint density at radius 2 is 2.42 bits per heavy atom. The van der Waals surface area contributed by atoms with E-state index in [-0.39, 0.29) is 0 Å². The van der Waals surface area contributed by atoms with Crippen LogP contribution >= 0.6 is 0 Å². The van der Waals surface area contributed by atoms with Gasteiger partial charge in [0.25, 0.3) is 0 Å². The predicted molar refractivity (Wildman–Crippen MR) is 47.7 cm³/mol. The number of H-pyrrole nitrogens is 1. The Bertz CT molecular complexity index is 404. The summed E-state index contributed by atoms with van der Waals surface area (Å²) in [4.78, 5) is 4.09. The summed E-state index contributed by atoms with van der Waals surface area (Å²) < 4.78 is 0. The molecule has 12 heavy (non-hydrogen) atoms. The van der Waals surface area contributed by atoms with Crippen LogP contribution in [0, 0.1) is 0 Å². The Hall–Kier alpha value is -1.58. The van der Waals surface area contributed by atoms with Gasteiger partial charge in [-0.15, -0.1) is 0 Å². The zero-order valence-corrected chi connectivity index (χ0v) is 6.83. The van der Waals surface area contributed by atoms with Gasteiger partial charge in [0, 0.05) is 6.20 Å². The second-order valence-corrected chi connectivity index (χ2v) is 2.66. The monoisotopic (exact) mass is 162 g/mol. The van der Waals surface area contributed by atoms with Crippen molar-refractivity contribution >= 4 is 16.9 Å². The molecule has 0 amide bonds. The molecule has 3 N–H and O–H groups in total. The first-order chi connectivity index (χ1) is 5.83. The molecule has 0 saturated carbocycles. The summed E-state index contributed by atoms with van der Waals surface area (Å²) in [7, 11) is 0. The lowest BCUT2D eigenvalue weighted by atomic mass is 10.1. The summed E-state index contributed by atoms with van der Waals surface area (Å²) in [6, 6.07) is 1.97. The first-order valence-electron chi connectivity index (χ1n) is 3.90. The van der Waals surface area contributed by atoms with Crippen LogP contribution in [0.4, 0.5) is 5.82 Å². The molecule has 2 heterocycles. The van der Waals surface area contributed by atoms with Crippen molar-refractivity contribution in [2.45, 2.75) is 13.3 Å². The zero-order valence-electron chi connectivity index (χ0n) is 6.83. The number of hydrogen-bond acceptors (Lipinski definition) is 3. The molecule has 2 aromatic heterocycles. The molecule has 0 spiro atoms. The Morgan fingerprint density at radius 3 is 3.17 bits per heavy atom. The molecule has 0 bridgehead atoms. The van der Waals surface area contributed by atoms with Crippen LogP contribution in [-0.4, -0.2) is 15.2 Å². The zero-order chi connectivity index (χ0) is 8.55. The summed E-state index contributed by atoms with van der Waals surface area (Å²) in [5.41, 5.74) is 7.58. The number of rotatable bonds is 1. The van der Waals surface area contributed by atoms with Gasteiger partial charge in [0.2, 0.25) is 0 Å². The lowest BCUT2D eigenvalue weighted by Crippen LogP contribution is -1.88. The fourth-order valence-electron chi connectivity index (χ4n) is 1.33. The first-order valence-corrected chi connectivity index (χ1v) is 3.90. The number of nitrogens with two attached hydrogens (primary N) is 1. The van der Waals surface area contributed by atoms with Crippen LogP contribution in [0.3, 0.4) is 0 Å². The van der Waals surface area contributed by atoms with Gasteiger partial charge in [-0.1, -0.05) is 6.92 Å². The number of aromatic nitrogens is 3. The van der Waals surface area contributed by atoms with Crippen molar-refractivity contribution in [3.05, 3.63) is 17.8 Å². The molecular formula is C8H10N4. The van der Waals surface area contributed by atoms with Crippen molar-refractivity contribution < 1.29 is 0 Å². The topological polar surface area (TPSA) is 67.6 Å². The normalized spacial score (nSPS) is 10.8. The molecule has 0 fully saturated rings. The predicted octanol–water partition coefficient (Wildman–Crippen LogP) is 1.10. The van der Waals surface area contributed by atoms with E-state index in [2.05, 4.69) is 22.1 Å². The van der Waals surface area contributed by atoms with Crippen LogP contribution in [0.2, 0.25) is 0 Å². The fourth-order valence-corrected chi connectivity index (χ4v) is 1.33. The molecule has 4 heteroatoms. The second kappa shape index (κ2) is 2.48. The van der Waals surface area contributed by atoms with E-state index < -0.39 is 0 Å². The molecule has 0 atom stereocenters. The maximum absolute atomic E-state index is 5.69. The van der Waals surface area contributed by atoms with Crippen molar-refractivity contribution in [3.8, 4) is 0 Å². The Kier molecular flexibility index (Phi) is 1.46. The minimum Gasteiger partial charge on any atom is -0.384 e. The van der Waals surface area contributed by atoms with Gasteiger partial charge in [-0.2, -0.15) is 5.10 Å². The number of anilines is 1. The first kappa shape index (κ1) is 7.09. The van der Waals surface area contributed by atoms with Crippen molar-refractivity contribution in [3.63, 3.8) is 0 Å². The summed E-state index contributed by atoms with van der Waals surface area (Å²) in [6.45, 7) is 2.08. The fraction of sp³-hybridized carbons (Fsp3) is 0.250. The maximum atomic E-state index is 5.69. The summed E-state index contributed by atoms with van der Waals surface area (Å²) in [5.74, 6) is 0.606. The summed E-state index contributed by atoms with van der Waals surface area (Å²) >= 11 is 0. The highest BCUT2D eigenvalue weighted by Crippen LogP contribution is 2.20. The minimum absolute atomic E-state index is 0.606. The van der Waals surface area contributed by atoms with Crippen molar-refractivity contribution in [1.82, 2.24) is 15.2 Å². The summed E-state index contributed by atoms with van der Waals surface area (Å²) in [6.07, 6.45) is 2.70. The average Bonchev–Trinajstić information content (AvgIpc) is 2.48. The van der Waals surface area contributed by atoms with Crippen molar-refractivity contribution in [2.75, 3.05) is 5.73 Å². The molecule has 0 aliphatic rings. The SMILES string of the molecule is CCc1ccnc2n[nH]c(N)c12. The quantitative estimate of drug-likeness (QED) is 0.659. The van der Waals surface area contributed by atoms with E-state index in [0.29, 0.717) is 11.5 Å². The third-order valence-electron chi connectivity index (χ3n) is 1.95. The third kappa shape index (κ3) is 0.845. The van der Waals surface area contributed by atoms with Gasteiger partial charge in [-0.3, -0.25) is 5.10 Å². The van der Waals surface area contributed by atoms with Crippen LogP contribution < -0.4 is 5.73 Å². The van der Waals surface area contributed by atoms with Gasteiger partial charge in [-0.25, -0.2) is 4.98 Å². The third-order valence-corrected chi connectivity index (χ3v) is 1.95. The highest BCUT2D eigenvalue weighted by atomic mass is 15.2. The van der Waals surface area contributed by atoms with Gasteiger partial charge < -0.3 is 5.73 Å². The molecule has 0 radical (unpaired) electrons. The molecule has 0 unspecified atom stereocenters. The van der Waals surface area contributed by atoms with Gasteiger partial charge in [0.1, 0.15) is 5.82 Å². The Labute approximate surface area is 69.8 Å². The number of fused-ring (bicyclic) bond motifs is 1. The maximum Gasteiger partial charge on any atom is 0.183 e. The lowest BCUT2D eigenvalue weighted by Gasteiger charge is -1.96. The second-order valence-electron chi connectivity index (χ2n) is 2.66. The molecule has 0 saturated heterocycles. The minimum atomic E-state index is 0.606. The van der Waals surface area contributed by atoms with E-state index >= 15 is 0 Å². The standard InChI is InChI=1S/C8H10N4/c1-2-5-3-4-10-8-6(5)7(9)11-12-8/h3-4H,2H2,1H3,(H3,9,10,11,12). The van der Waals surface area contributed by atoms with Crippen LogP contribution in [0.5, 0.6) is 0 Å². The van der Waals surface area contributed by atoms with Gasteiger partial charge in [0.15, 0.2) is 5.65 Å². The van der Waals surface area contributed by atoms with Crippen molar-refractivity contribution in [1.29, 1.82) is 0 Å². The van der Waals surface area contributed by atoms with Crippen LogP contribution in [-0.2, 0) is 6.42 Å². The van der Waals surface area contributed by atoms with E-state index in [0.717, 1.165) is 11.8 Å². The van der Waals surface area contributed by atoms with Gasteiger partial charge in [-0.05, 0) is 18.1 Å². The van der Waals surface area contributed by atoms with Crippen molar-refractivity contribution in [2.24, 2.45) is 0 Å². The highest BCUT2D eigenvalue weighted by molar-refractivity contribution is 5.88. The highest BCUT2D eigenvalue weighted by Gasteiger charge is 2.06. The van der Waals surface area contributed by atoms with E-state index in [9.17, 15) is 0 Å². The lowest BCUT2D eigenvalue weighted by molar-refractivity contribution is 1.10. The number of hydrogen-bond donors (Lipinski definition) is 2. The van der Waals surface area contributed by atoms with Crippen LogP contribution in [0.15, 0.2) is 12.3 Å². The Morgan fingerprint density at radius 1 is 1.58 bits per heavy atom. The van der Waals surface area contributed by atoms with E-state index in [1.165, 1.54) is 5.56 Å². The smallest absolute Gasteiger partial charge is 0.183 e. The largest absolute Gasteiger partial charge is 0.384 e. The van der Waals surface area contributed by atoms with E-state index in [1.54, 1.807) is 6.20 Å². The molecule has 2 rings (SSSR count). The number of nitrogens with zero attached hydrogens (tertiary/aromatic N) is 2. The molecule has 0 aromatic carbocycles. The Balaban J connectivity index is 2.84.